The molecule has 144 valence electrons. The number of rotatable bonds is 5. The summed E-state index contributed by atoms with van der Waals surface area (Å²) in [5.41, 5.74) is 0.965. The Kier molecular flexibility index (Phi) is 5.08. The maximum Gasteiger partial charge on any atom is 0.332 e. The van der Waals surface area contributed by atoms with Gasteiger partial charge in [-0.05, 0) is 37.6 Å². The monoisotopic (exact) mass is 382 g/mol. The molecule has 1 fully saturated rings. The van der Waals surface area contributed by atoms with Crippen molar-refractivity contribution in [3.8, 4) is 0 Å². The minimum atomic E-state index is -0.753. The number of hydrogen-bond acceptors (Lipinski definition) is 5. The number of imide groups is 1. The minimum absolute atomic E-state index is 0.00709. The Morgan fingerprint density at radius 3 is 2.50 bits per heavy atom. The van der Waals surface area contributed by atoms with Crippen LogP contribution >= 0.6 is 0 Å². The van der Waals surface area contributed by atoms with Gasteiger partial charge in [0.05, 0.1) is 4.92 Å². The zero-order chi connectivity index (χ0) is 20.4. The molecule has 1 atom stereocenters. The van der Waals surface area contributed by atoms with Crippen LogP contribution < -0.4 is 10.2 Å². The molecule has 0 aromatic heterocycles. The van der Waals surface area contributed by atoms with Crippen LogP contribution in [0.3, 0.4) is 0 Å². The fraction of sp³-hybridized carbons (Fsp3) is 0.211. The summed E-state index contributed by atoms with van der Waals surface area (Å²) in [6.45, 7) is 2.74. The van der Waals surface area contributed by atoms with Gasteiger partial charge in [0.2, 0.25) is 5.91 Å². The number of nitro groups is 1. The molecule has 1 aliphatic rings. The highest BCUT2D eigenvalue weighted by Crippen LogP contribution is 2.27. The van der Waals surface area contributed by atoms with Crippen molar-refractivity contribution in [2.75, 3.05) is 16.8 Å². The standard InChI is InChI=1S/C19H18N4O5/c1-12-8-9-15(16(10-12)23(27)28)20-17(24)11-21-18(25)13(2)22(19(21)26)14-6-4-3-5-7-14/h3-10,13H,11H2,1-2H3,(H,20,24). The average Bonchev–Trinajstić information content (AvgIpc) is 2.87. The summed E-state index contributed by atoms with van der Waals surface area (Å²) in [6, 6.07) is 11.7. The van der Waals surface area contributed by atoms with Crippen LogP contribution in [0.15, 0.2) is 48.5 Å². The van der Waals surface area contributed by atoms with Crippen LogP contribution in [0.25, 0.3) is 0 Å². The Balaban J connectivity index is 1.77. The average molecular weight is 382 g/mol. The molecule has 9 heteroatoms. The first kappa shape index (κ1) is 19.0. The minimum Gasteiger partial charge on any atom is -0.319 e. The van der Waals surface area contributed by atoms with E-state index in [0.717, 1.165) is 4.90 Å². The Morgan fingerprint density at radius 2 is 1.86 bits per heavy atom. The zero-order valence-corrected chi connectivity index (χ0v) is 15.3. The molecular weight excluding hydrogens is 364 g/mol. The molecule has 3 rings (SSSR count). The SMILES string of the molecule is Cc1ccc(NC(=O)CN2C(=O)C(C)N(c3ccccc3)C2=O)c([N+](=O)[O-])c1. The van der Waals surface area contributed by atoms with E-state index in [1.807, 2.05) is 0 Å². The van der Waals surface area contributed by atoms with E-state index in [-0.39, 0.29) is 11.4 Å². The molecule has 1 saturated heterocycles. The molecule has 0 aliphatic carbocycles. The van der Waals surface area contributed by atoms with Gasteiger partial charge in [-0.1, -0.05) is 24.3 Å². The molecule has 2 aromatic carbocycles. The normalized spacial score (nSPS) is 16.4. The number of carbonyl (C=O) groups is 3. The Bertz CT molecular complexity index is 960. The third-order valence-electron chi connectivity index (χ3n) is 4.41. The number of urea groups is 1. The summed E-state index contributed by atoms with van der Waals surface area (Å²) in [6.07, 6.45) is 0. The van der Waals surface area contributed by atoms with Gasteiger partial charge < -0.3 is 5.32 Å². The first-order chi connectivity index (χ1) is 13.3. The number of nitrogens with one attached hydrogen (secondary N) is 1. The van der Waals surface area contributed by atoms with Gasteiger partial charge in [-0.25, -0.2) is 4.79 Å². The number of anilines is 2. The van der Waals surface area contributed by atoms with Gasteiger partial charge in [0.15, 0.2) is 0 Å². The van der Waals surface area contributed by atoms with E-state index in [1.165, 1.54) is 17.0 Å². The lowest BCUT2D eigenvalue weighted by atomic mass is 10.2. The van der Waals surface area contributed by atoms with E-state index in [4.69, 9.17) is 0 Å². The van der Waals surface area contributed by atoms with Gasteiger partial charge in [0.1, 0.15) is 18.3 Å². The molecular formula is C19H18N4O5. The van der Waals surface area contributed by atoms with Crippen molar-refractivity contribution in [1.29, 1.82) is 0 Å². The topological polar surface area (TPSA) is 113 Å². The molecule has 1 unspecified atom stereocenters. The molecule has 0 radical (unpaired) electrons. The Morgan fingerprint density at radius 1 is 1.18 bits per heavy atom. The first-order valence-electron chi connectivity index (χ1n) is 8.54. The van der Waals surface area contributed by atoms with Crippen LogP contribution in [0.1, 0.15) is 12.5 Å². The number of aryl methyl sites for hydroxylation is 1. The zero-order valence-electron chi connectivity index (χ0n) is 15.3. The van der Waals surface area contributed by atoms with Crippen molar-refractivity contribution >= 4 is 34.9 Å². The molecule has 4 amide bonds. The van der Waals surface area contributed by atoms with Crippen LogP contribution in [0.2, 0.25) is 0 Å². The lowest BCUT2D eigenvalue weighted by molar-refractivity contribution is -0.384. The van der Waals surface area contributed by atoms with Crippen molar-refractivity contribution in [1.82, 2.24) is 4.90 Å². The number of benzene rings is 2. The molecule has 0 bridgehead atoms. The smallest absolute Gasteiger partial charge is 0.319 e. The number of carbonyl (C=O) groups excluding carboxylic acids is 3. The second-order valence-electron chi connectivity index (χ2n) is 6.41. The summed E-state index contributed by atoms with van der Waals surface area (Å²) in [5, 5.41) is 13.6. The van der Waals surface area contributed by atoms with Crippen LogP contribution in [0.4, 0.5) is 21.9 Å². The maximum absolute atomic E-state index is 12.7. The number of hydrogen-bond donors (Lipinski definition) is 1. The number of para-hydroxylation sites is 1. The molecule has 1 heterocycles. The highest BCUT2D eigenvalue weighted by molar-refractivity contribution is 6.16. The van der Waals surface area contributed by atoms with E-state index >= 15 is 0 Å². The van der Waals surface area contributed by atoms with Crippen molar-refractivity contribution < 1.29 is 19.3 Å². The van der Waals surface area contributed by atoms with Crippen molar-refractivity contribution in [2.45, 2.75) is 19.9 Å². The van der Waals surface area contributed by atoms with E-state index in [1.54, 1.807) is 50.2 Å². The van der Waals surface area contributed by atoms with E-state index < -0.39 is 35.4 Å². The number of nitro benzene ring substituents is 1. The molecule has 1 aliphatic heterocycles. The second-order valence-corrected chi connectivity index (χ2v) is 6.41. The molecule has 0 spiro atoms. The fourth-order valence-corrected chi connectivity index (χ4v) is 3.03. The van der Waals surface area contributed by atoms with Crippen LogP contribution in [0.5, 0.6) is 0 Å². The predicted octanol–water partition coefficient (Wildman–Crippen LogP) is 2.70. The quantitative estimate of drug-likeness (QED) is 0.485. The van der Waals surface area contributed by atoms with E-state index in [9.17, 15) is 24.5 Å². The van der Waals surface area contributed by atoms with Crippen LogP contribution in [0, 0.1) is 17.0 Å². The van der Waals surface area contributed by atoms with Crippen molar-refractivity contribution in [3.63, 3.8) is 0 Å². The van der Waals surface area contributed by atoms with E-state index in [0.29, 0.717) is 11.3 Å². The third kappa shape index (κ3) is 3.54. The van der Waals surface area contributed by atoms with Crippen LogP contribution in [-0.4, -0.2) is 40.3 Å². The van der Waals surface area contributed by atoms with E-state index in [2.05, 4.69) is 5.32 Å². The lowest BCUT2D eigenvalue weighted by Gasteiger charge is -2.19. The number of amides is 4. The van der Waals surface area contributed by atoms with Gasteiger partial charge in [0, 0.05) is 11.8 Å². The van der Waals surface area contributed by atoms with Gasteiger partial charge in [-0.3, -0.25) is 29.5 Å². The summed E-state index contributed by atoms with van der Waals surface area (Å²) in [5.74, 6) is -1.21. The molecule has 2 aromatic rings. The van der Waals surface area contributed by atoms with Gasteiger partial charge >= 0.3 is 6.03 Å². The van der Waals surface area contributed by atoms with Gasteiger partial charge in [-0.15, -0.1) is 0 Å². The van der Waals surface area contributed by atoms with Crippen molar-refractivity contribution in [3.05, 3.63) is 64.2 Å². The maximum atomic E-state index is 12.7. The highest BCUT2D eigenvalue weighted by Gasteiger charge is 2.44. The molecule has 1 N–H and O–H groups in total. The lowest BCUT2D eigenvalue weighted by Crippen LogP contribution is -2.39. The third-order valence-corrected chi connectivity index (χ3v) is 4.41. The highest BCUT2D eigenvalue weighted by atomic mass is 16.6. The summed E-state index contributed by atoms with van der Waals surface area (Å²) in [7, 11) is 0. The second kappa shape index (κ2) is 7.47. The summed E-state index contributed by atoms with van der Waals surface area (Å²) in [4.78, 5) is 50.3. The fourth-order valence-electron chi connectivity index (χ4n) is 3.03. The summed E-state index contributed by atoms with van der Waals surface area (Å²) < 4.78 is 0. The van der Waals surface area contributed by atoms with Crippen molar-refractivity contribution in [2.24, 2.45) is 0 Å². The number of nitrogens with zero attached hydrogens (tertiary/aromatic N) is 3. The largest absolute Gasteiger partial charge is 0.332 e. The first-order valence-corrected chi connectivity index (χ1v) is 8.54. The predicted molar refractivity (Wildman–Crippen MR) is 102 cm³/mol. The Hall–Kier alpha value is -3.75. The van der Waals surface area contributed by atoms with Gasteiger partial charge in [-0.2, -0.15) is 0 Å². The Labute approximate surface area is 160 Å². The molecule has 0 saturated carbocycles. The molecule has 28 heavy (non-hydrogen) atoms. The molecule has 9 nitrogen and oxygen atoms in total. The summed E-state index contributed by atoms with van der Waals surface area (Å²) >= 11 is 0. The van der Waals surface area contributed by atoms with Crippen LogP contribution in [-0.2, 0) is 9.59 Å². The van der Waals surface area contributed by atoms with Gasteiger partial charge in [0.25, 0.3) is 11.6 Å².